The van der Waals surface area contributed by atoms with Gasteiger partial charge in [0.2, 0.25) is 5.91 Å². The summed E-state index contributed by atoms with van der Waals surface area (Å²) < 4.78 is 5.38. The average Bonchev–Trinajstić information content (AvgIpc) is 2.87. The van der Waals surface area contributed by atoms with Gasteiger partial charge in [-0.1, -0.05) is 56.3 Å². The molecular weight excluding hydrogens is 510 g/mol. The molecule has 9 heteroatoms. The minimum atomic E-state index is -1.16. The number of nitrogens with one attached hydrogen (secondary N) is 2. The normalized spacial score (nSPS) is 13.0. The van der Waals surface area contributed by atoms with Crippen LogP contribution in [0.25, 0.3) is 10.8 Å². The number of nitrogens with zero attached hydrogens (tertiary/aromatic N) is 1. The van der Waals surface area contributed by atoms with Crippen molar-refractivity contribution in [1.29, 1.82) is 0 Å². The van der Waals surface area contributed by atoms with E-state index in [0.717, 1.165) is 10.8 Å². The topological polar surface area (TPSA) is 128 Å². The summed E-state index contributed by atoms with van der Waals surface area (Å²) in [5.74, 6) is -1.02. The summed E-state index contributed by atoms with van der Waals surface area (Å²) >= 11 is 0. The van der Waals surface area contributed by atoms with E-state index in [1.807, 2.05) is 50.2 Å². The lowest BCUT2D eigenvalue weighted by molar-refractivity contribution is -0.141. The molecule has 0 aliphatic carbocycles. The number of amides is 3. The molecule has 9 nitrogen and oxygen atoms in total. The highest BCUT2D eigenvalue weighted by molar-refractivity contribution is 6.00. The highest BCUT2D eigenvalue weighted by Crippen LogP contribution is 2.27. The molecule has 3 aromatic rings. The van der Waals surface area contributed by atoms with E-state index in [2.05, 4.69) is 10.6 Å². The highest BCUT2D eigenvalue weighted by atomic mass is 16.6. The molecule has 3 aromatic carbocycles. The van der Waals surface area contributed by atoms with Gasteiger partial charge in [0.05, 0.1) is 6.61 Å². The van der Waals surface area contributed by atoms with Crippen LogP contribution in [0.5, 0.6) is 5.75 Å². The number of carbonyl (C=O) groups is 3. The van der Waals surface area contributed by atoms with Crippen molar-refractivity contribution < 1.29 is 29.3 Å². The Morgan fingerprint density at radius 2 is 1.60 bits per heavy atom. The molecule has 0 fully saturated rings. The van der Waals surface area contributed by atoms with Crippen LogP contribution in [-0.2, 0) is 14.3 Å². The second-order valence-corrected chi connectivity index (χ2v) is 11.1. The molecular formula is C31H39N3O6. The van der Waals surface area contributed by atoms with Gasteiger partial charge in [-0.15, -0.1) is 0 Å². The fourth-order valence-electron chi connectivity index (χ4n) is 4.42. The van der Waals surface area contributed by atoms with Gasteiger partial charge in [0, 0.05) is 12.2 Å². The number of rotatable bonds is 10. The Bertz CT molecular complexity index is 1320. The standard InChI is InChI=1S/C31H39N3O6/c1-20(2)18-26(33-30(39)40-31(3,4)5)29(38)34(16-17-35)27(22-11-14-25(36)15-12-22)28(37)32-24-13-10-21-8-6-7-9-23(21)19-24/h6-15,19-20,26-27,35-36H,16-18H2,1-5H3,(H,32,37)(H,33,39). The van der Waals surface area contributed by atoms with E-state index in [1.165, 1.54) is 17.0 Å². The number of carbonyl (C=O) groups excluding carboxylic acids is 3. The second-order valence-electron chi connectivity index (χ2n) is 11.1. The van der Waals surface area contributed by atoms with E-state index in [0.29, 0.717) is 11.3 Å². The first-order valence-electron chi connectivity index (χ1n) is 13.4. The fraction of sp³-hybridized carbons (Fsp3) is 0.387. The predicted molar refractivity (Wildman–Crippen MR) is 155 cm³/mol. The SMILES string of the molecule is CC(C)CC(NC(=O)OC(C)(C)C)C(=O)N(CCO)C(C(=O)Nc1ccc2ccccc2c1)c1ccc(O)cc1. The second kappa shape index (κ2) is 13.3. The van der Waals surface area contributed by atoms with Gasteiger partial charge in [0.1, 0.15) is 23.4 Å². The number of benzene rings is 3. The van der Waals surface area contributed by atoms with E-state index in [9.17, 15) is 24.6 Å². The summed E-state index contributed by atoms with van der Waals surface area (Å²) in [4.78, 5) is 41.7. The largest absolute Gasteiger partial charge is 0.508 e. The predicted octanol–water partition coefficient (Wildman–Crippen LogP) is 4.99. The molecule has 0 aliphatic rings. The molecule has 0 saturated carbocycles. The Balaban J connectivity index is 1.99. The molecule has 0 aliphatic heterocycles. The van der Waals surface area contributed by atoms with Crippen LogP contribution in [0.15, 0.2) is 66.7 Å². The van der Waals surface area contributed by atoms with Crippen LogP contribution in [0, 0.1) is 5.92 Å². The summed E-state index contributed by atoms with van der Waals surface area (Å²) in [6.07, 6.45) is -0.466. The molecule has 3 amide bonds. The van der Waals surface area contributed by atoms with Gasteiger partial charge in [-0.3, -0.25) is 9.59 Å². The zero-order valence-electron chi connectivity index (χ0n) is 23.7. The van der Waals surface area contributed by atoms with Gasteiger partial charge in [-0.25, -0.2) is 4.79 Å². The molecule has 4 N–H and O–H groups in total. The van der Waals surface area contributed by atoms with E-state index in [-0.39, 0.29) is 24.6 Å². The van der Waals surface area contributed by atoms with Crippen molar-refractivity contribution >= 4 is 34.4 Å². The van der Waals surface area contributed by atoms with Gasteiger partial charge in [0.15, 0.2) is 0 Å². The van der Waals surface area contributed by atoms with Crippen LogP contribution >= 0.6 is 0 Å². The maximum atomic E-state index is 14.0. The number of aromatic hydroxyl groups is 1. The molecule has 3 rings (SSSR count). The summed E-state index contributed by atoms with van der Waals surface area (Å²) in [5.41, 5.74) is 0.196. The lowest BCUT2D eigenvalue weighted by Gasteiger charge is -2.34. The monoisotopic (exact) mass is 549 g/mol. The van der Waals surface area contributed by atoms with Crippen LogP contribution < -0.4 is 10.6 Å². The first-order chi connectivity index (χ1) is 18.9. The minimum absolute atomic E-state index is 0.00162. The number of hydrogen-bond acceptors (Lipinski definition) is 6. The van der Waals surface area contributed by atoms with Gasteiger partial charge in [-0.2, -0.15) is 0 Å². The Labute approximate surface area is 235 Å². The molecule has 0 heterocycles. The van der Waals surface area contributed by atoms with E-state index < -0.39 is 42.2 Å². The van der Waals surface area contributed by atoms with E-state index in [1.54, 1.807) is 39.0 Å². The Kier molecular flexibility index (Phi) is 10.1. The molecule has 40 heavy (non-hydrogen) atoms. The number of anilines is 1. The maximum Gasteiger partial charge on any atom is 0.408 e. The number of phenols is 1. The zero-order valence-corrected chi connectivity index (χ0v) is 23.7. The summed E-state index contributed by atoms with van der Waals surface area (Å²) in [5, 5.41) is 27.3. The molecule has 0 saturated heterocycles. The van der Waals surface area contributed by atoms with Gasteiger partial charge >= 0.3 is 6.09 Å². The molecule has 2 atom stereocenters. The first kappa shape index (κ1) is 30.4. The maximum absolute atomic E-state index is 14.0. The van der Waals surface area contributed by atoms with Crippen molar-refractivity contribution in [2.45, 2.75) is 58.7 Å². The van der Waals surface area contributed by atoms with Crippen LogP contribution in [0.3, 0.4) is 0 Å². The minimum Gasteiger partial charge on any atom is -0.508 e. The van der Waals surface area contributed by atoms with E-state index >= 15 is 0 Å². The zero-order chi connectivity index (χ0) is 29.4. The third-order valence-corrected chi connectivity index (χ3v) is 6.11. The molecule has 0 radical (unpaired) electrons. The molecule has 0 spiro atoms. The molecule has 214 valence electrons. The molecule has 2 unspecified atom stereocenters. The smallest absolute Gasteiger partial charge is 0.408 e. The number of fused-ring (bicyclic) bond motifs is 1. The Morgan fingerprint density at radius 3 is 2.20 bits per heavy atom. The number of aliphatic hydroxyl groups is 1. The van der Waals surface area contributed by atoms with Crippen molar-refractivity contribution in [3.8, 4) is 5.75 Å². The third-order valence-electron chi connectivity index (χ3n) is 6.11. The van der Waals surface area contributed by atoms with Gasteiger partial charge in [-0.05, 0) is 73.7 Å². The number of alkyl carbamates (subject to hydrolysis) is 1. The number of hydrogen-bond donors (Lipinski definition) is 4. The average molecular weight is 550 g/mol. The first-order valence-corrected chi connectivity index (χ1v) is 13.4. The lowest BCUT2D eigenvalue weighted by Crippen LogP contribution is -2.53. The van der Waals surface area contributed by atoms with Crippen molar-refractivity contribution in [3.63, 3.8) is 0 Å². The number of phenolic OH excluding ortho intramolecular Hbond substituents is 1. The van der Waals surface area contributed by atoms with Crippen molar-refractivity contribution in [2.24, 2.45) is 5.92 Å². The molecule has 0 bridgehead atoms. The molecule has 0 aromatic heterocycles. The van der Waals surface area contributed by atoms with Crippen LogP contribution in [0.2, 0.25) is 0 Å². The summed E-state index contributed by atoms with van der Waals surface area (Å²) in [6, 6.07) is 17.0. The third kappa shape index (κ3) is 8.44. The van der Waals surface area contributed by atoms with Crippen LogP contribution in [0.4, 0.5) is 10.5 Å². The fourth-order valence-corrected chi connectivity index (χ4v) is 4.42. The summed E-state index contributed by atoms with van der Waals surface area (Å²) in [7, 11) is 0. The van der Waals surface area contributed by atoms with Crippen molar-refractivity contribution in [3.05, 3.63) is 72.3 Å². The number of ether oxygens (including phenoxy) is 1. The van der Waals surface area contributed by atoms with Crippen LogP contribution in [0.1, 0.15) is 52.6 Å². The van der Waals surface area contributed by atoms with Gasteiger partial charge < -0.3 is 30.5 Å². The Hall–Kier alpha value is -4.11. The van der Waals surface area contributed by atoms with Crippen LogP contribution in [-0.4, -0.2) is 57.8 Å². The quantitative estimate of drug-likeness (QED) is 0.282. The van der Waals surface area contributed by atoms with Gasteiger partial charge in [0.25, 0.3) is 5.91 Å². The van der Waals surface area contributed by atoms with E-state index in [4.69, 9.17) is 4.74 Å². The van der Waals surface area contributed by atoms with Crippen molar-refractivity contribution in [2.75, 3.05) is 18.5 Å². The lowest BCUT2D eigenvalue weighted by atomic mass is 9.99. The van der Waals surface area contributed by atoms with Crippen molar-refractivity contribution in [1.82, 2.24) is 10.2 Å². The Morgan fingerprint density at radius 1 is 0.950 bits per heavy atom. The summed E-state index contributed by atoms with van der Waals surface area (Å²) in [6.45, 7) is 8.42. The number of aliphatic hydroxyl groups excluding tert-OH is 1. The highest BCUT2D eigenvalue weighted by Gasteiger charge is 2.36.